The topological polar surface area (TPSA) is 105 Å². The van der Waals surface area contributed by atoms with Gasteiger partial charge in [0, 0.05) is 24.6 Å². The van der Waals surface area contributed by atoms with E-state index >= 15 is 0 Å². The normalized spacial score (nSPS) is 23.1. The molecule has 8 nitrogen and oxygen atoms in total. The van der Waals surface area contributed by atoms with Crippen LogP contribution in [0.2, 0.25) is 0 Å². The third kappa shape index (κ3) is 4.48. The lowest BCUT2D eigenvalue weighted by atomic mass is 9.92. The number of piperidine rings is 1. The van der Waals surface area contributed by atoms with Gasteiger partial charge in [-0.05, 0) is 32.3 Å². The number of halogens is 1. The summed E-state index contributed by atoms with van der Waals surface area (Å²) in [5.41, 5.74) is 0.126. The lowest BCUT2D eigenvalue weighted by Gasteiger charge is -2.36. The van der Waals surface area contributed by atoms with Gasteiger partial charge in [0.2, 0.25) is 21.8 Å². The Morgan fingerprint density at radius 1 is 1.31 bits per heavy atom. The third-order valence-corrected chi connectivity index (χ3v) is 7.20. The van der Waals surface area contributed by atoms with E-state index in [-0.39, 0.29) is 36.4 Å². The van der Waals surface area contributed by atoms with E-state index < -0.39 is 27.6 Å². The Balaban J connectivity index is 1.53. The molecule has 1 amide bonds. The molecule has 0 radical (unpaired) electrons. The number of benzene rings is 1. The second-order valence-corrected chi connectivity index (χ2v) is 9.64. The number of rotatable bonds is 6. The van der Waals surface area contributed by atoms with Crippen LogP contribution in [0.15, 0.2) is 28.8 Å². The van der Waals surface area contributed by atoms with E-state index in [0.717, 1.165) is 12.8 Å². The second-order valence-electron chi connectivity index (χ2n) is 7.67. The minimum absolute atomic E-state index is 0.00882. The predicted molar refractivity (Wildman–Crippen MR) is 102 cm³/mol. The molecule has 156 valence electrons. The van der Waals surface area contributed by atoms with Gasteiger partial charge in [-0.3, -0.25) is 4.79 Å². The van der Waals surface area contributed by atoms with Gasteiger partial charge in [0.25, 0.3) is 0 Å². The molecule has 1 aliphatic carbocycles. The van der Waals surface area contributed by atoms with E-state index in [1.54, 1.807) is 13.0 Å². The van der Waals surface area contributed by atoms with Gasteiger partial charge in [-0.25, -0.2) is 12.8 Å². The molecule has 1 saturated heterocycles. The number of amides is 1. The van der Waals surface area contributed by atoms with Crippen LogP contribution in [-0.4, -0.2) is 47.9 Å². The molecule has 0 bridgehead atoms. The maximum absolute atomic E-state index is 13.9. The first-order valence-electron chi connectivity index (χ1n) is 9.65. The fourth-order valence-corrected chi connectivity index (χ4v) is 5.21. The number of hydrogen-bond donors (Lipinski definition) is 1. The molecule has 0 unspecified atom stereocenters. The summed E-state index contributed by atoms with van der Waals surface area (Å²) in [5, 5.41) is 6.78. The van der Waals surface area contributed by atoms with E-state index in [9.17, 15) is 17.6 Å². The van der Waals surface area contributed by atoms with Crippen molar-refractivity contribution >= 4 is 15.9 Å². The molecule has 2 heterocycles. The number of hydrogen-bond acceptors (Lipinski definition) is 6. The molecule has 1 aromatic carbocycles. The Morgan fingerprint density at radius 2 is 2.07 bits per heavy atom. The highest BCUT2D eigenvalue weighted by atomic mass is 32.2. The Bertz CT molecular complexity index is 1010. The average Bonchev–Trinajstić information content (AvgIpc) is 3.45. The van der Waals surface area contributed by atoms with E-state index in [1.807, 2.05) is 0 Å². The van der Waals surface area contributed by atoms with E-state index in [4.69, 9.17) is 4.52 Å². The van der Waals surface area contributed by atoms with Crippen LogP contribution in [0.5, 0.6) is 0 Å². The van der Waals surface area contributed by atoms with Crippen molar-refractivity contribution in [2.24, 2.45) is 5.92 Å². The standard InChI is InChI=1S/C19H23FN4O4S/c1-12-21-19(28-23-12)15-8-9-24(10-17(15)22-18(25)13-6-7-13)29(26,27)11-14-4-2-3-5-16(14)20/h2-5,13,15,17H,6-11H2,1H3,(H,22,25)/t15-,17+/m0/s1. The molecule has 2 aromatic rings. The monoisotopic (exact) mass is 422 g/mol. The van der Waals surface area contributed by atoms with Crippen LogP contribution in [0, 0.1) is 18.7 Å². The number of sulfonamides is 1. The molecular weight excluding hydrogens is 399 g/mol. The first kappa shape index (κ1) is 20.0. The summed E-state index contributed by atoms with van der Waals surface area (Å²) < 4.78 is 46.4. The lowest BCUT2D eigenvalue weighted by molar-refractivity contribution is -0.123. The first-order chi connectivity index (χ1) is 13.8. The zero-order chi connectivity index (χ0) is 20.6. The highest BCUT2D eigenvalue weighted by molar-refractivity contribution is 7.88. The minimum atomic E-state index is -3.76. The molecule has 4 rings (SSSR count). The van der Waals surface area contributed by atoms with Crippen LogP contribution in [0.25, 0.3) is 0 Å². The largest absolute Gasteiger partial charge is 0.351 e. The van der Waals surface area contributed by atoms with Crippen molar-refractivity contribution in [1.82, 2.24) is 19.8 Å². The maximum atomic E-state index is 13.9. The van der Waals surface area contributed by atoms with Crippen molar-refractivity contribution in [2.45, 2.75) is 43.9 Å². The summed E-state index contributed by atoms with van der Waals surface area (Å²) in [6.45, 7) is 2.03. The van der Waals surface area contributed by atoms with E-state index in [0.29, 0.717) is 18.1 Å². The molecule has 0 spiro atoms. The third-order valence-electron chi connectivity index (χ3n) is 5.40. The fourth-order valence-electron chi connectivity index (χ4n) is 3.63. The van der Waals surface area contributed by atoms with Gasteiger partial charge in [0.05, 0.1) is 17.7 Å². The maximum Gasteiger partial charge on any atom is 0.231 e. The zero-order valence-corrected chi connectivity index (χ0v) is 16.9. The molecule has 2 fully saturated rings. The quantitative estimate of drug-likeness (QED) is 0.760. The van der Waals surface area contributed by atoms with Crippen LogP contribution in [0.4, 0.5) is 4.39 Å². The summed E-state index contributed by atoms with van der Waals surface area (Å²) in [7, 11) is -3.76. The highest BCUT2D eigenvalue weighted by Gasteiger charge is 2.41. The van der Waals surface area contributed by atoms with Crippen LogP contribution < -0.4 is 5.32 Å². The zero-order valence-electron chi connectivity index (χ0n) is 16.0. The number of aryl methyl sites for hydroxylation is 1. The number of nitrogens with zero attached hydrogens (tertiary/aromatic N) is 3. The molecule has 1 aliphatic heterocycles. The van der Waals surface area contributed by atoms with Gasteiger partial charge < -0.3 is 9.84 Å². The molecule has 1 saturated carbocycles. The Morgan fingerprint density at radius 3 is 2.72 bits per heavy atom. The van der Waals surface area contributed by atoms with Crippen LogP contribution in [-0.2, 0) is 20.6 Å². The highest BCUT2D eigenvalue weighted by Crippen LogP contribution is 2.33. The number of aromatic nitrogens is 2. The minimum Gasteiger partial charge on any atom is -0.351 e. The molecule has 10 heteroatoms. The van der Waals surface area contributed by atoms with Gasteiger partial charge in [-0.1, -0.05) is 23.4 Å². The van der Waals surface area contributed by atoms with Crippen molar-refractivity contribution in [3.8, 4) is 0 Å². The number of carbonyl (C=O) groups is 1. The van der Waals surface area contributed by atoms with Crippen LogP contribution >= 0.6 is 0 Å². The summed E-state index contributed by atoms with van der Waals surface area (Å²) >= 11 is 0. The van der Waals surface area contributed by atoms with E-state index in [2.05, 4.69) is 15.5 Å². The second kappa shape index (κ2) is 7.83. The van der Waals surface area contributed by atoms with Crippen molar-refractivity contribution in [3.05, 3.63) is 47.4 Å². The lowest BCUT2D eigenvalue weighted by Crippen LogP contribution is -2.53. The summed E-state index contributed by atoms with van der Waals surface area (Å²) in [5.74, 6) is -0.441. The van der Waals surface area contributed by atoms with Crippen LogP contribution in [0.1, 0.15) is 42.5 Å². The van der Waals surface area contributed by atoms with Gasteiger partial charge in [0.1, 0.15) is 5.82 Å². The van der Waals surface area contributed by atoms with Crippen molar-refractivity contribution in [3.63, 3.8) is 0 Å². The Hall–Kier alpha value is -2.33. The first-order valence-corrected chi connectivity index (χ1v) is 11.3. The molecule has 1 aromatic heterocycles. The Labute approximate surface area is 168 Å². The van der Waals surface area contributed by atoms with Gasteiger partial charge >= 0.3 is 0 Å². The molecule has 1 N–H and O–H groups in total. The van der Waals surface area contributed by atoms with E-state index in [1.165, 1.54) is 22.5 Å². The van der Waals surface area contributed by atoms with Gasteiger partial charge in [0.15, 0.2) is 5.82 Å². The van der Waals surface area contributed by atoms with Crippen LogP contribution in [0.3, 0.4) is 0 Å². The fraction of sp³-hybridized carbons (Fsp3) is 0.526. The molecule has 2 aliphatic rings. The molecular formula is C19H23FN4O4S. The average molecular weight is 422 g/mol. The van der Waals surface area contributed by atoms with Crippen molar-refractivity contribution in [1.29, 1.82) is 0 Å². The summed E-state index contributed by atoms with van der Waals surface area (Å²) in [4.78, 5) is 16.6. The smallest absolute Gasteiger partial charge is 0.231 e. The summed E-state index contributed by atoms with van der Waals surface area (Å²) in [6, 6.07) is 5.36. The number of carbonyl (C=O) groups excluding carboxylic acids is 1. The van der Waals surface area contributed by atoms with Crippen molar-refractivity contribution < 1.29 is 22.1 Å². The van der Waals surface area contributed by atoms with Gasteiger partial charge in [-0.15, -0.1) is 0 Å². The molecule has 29 heavy (non-hydrogen) atoms. The summed E-state index contributed by atoms with van der Waals surface area (Å²) in [6.07, 6.45) is 2.12. The van der Waals surface area contributed by atoms with Gasteiger partial charge in [-0.2, -0.15) is 9.29 Å². The SMILES string of the molecule is Cc1noc([C@H]2CCN(S(=O)(=O)Cc3ccccc3F)C[C@H]2NC(=O)C2CC2)n1. The Kier molecular flexibility index (Phi) is 5.39. The van der Waals surface area contributed by atoms with Crippen molar-refractivity contribution in [2.75, 3.05) is 13.1 Å². The number of nitrogens with one attached hydrogen (secondary N) is 1. The molecule has 2 atom stereocenters. The predicted octanol–water partition coefficient (Wildman–Crippen LogP) is 1.73.